The maximum atomic E-state index is 11.9. The second-order valence-corrected chi connectivity index (χ2v) is 3.94. The molecule has 3 nitrogen and oxygen atoms in total. The lowest BCUT2D eigenvalue weighted by Gasteiger charge is -2.23. The van der Waals surface area contributed by atoms with E-state index in [0.717, 1.165) is 5.69 Å². The summed E-state index contributed by atoms with van der Waals surface area (Å²) in [6.07, 6.45) is 0. The number of rotatable bonds is 2. The highest BCUT2D eigenvalue weighted by Crippen LogP contribution is 2.21. The van der Waals surface area contributed by atoms with Crippen LogP contribution in [0.3, 0.4) is 0 Å². The Balaban J connectivity index is 2.93. The van der Waals surface area contributed by atoms with Crippen LogP contribution in [0.25, 0.3) is 0 Å². The zero-order valence-electron chi connectivity index (χ0n) is 9.19. The number of hydrogen-bond donors (Lipinski definition) is 0. The fourth-order valence-electron chi connectivity index (χ4n) is 1.24. The molecule has 0 aliphatic carbocycles. The molecule has 0 radical (unpaired) electrons. The van der Waals surface area contributed by atoms with Gasteiger partial charge in [0, 0.05) is 12.7 Å². The van der Waals surface area contributed by atoms with Gasteiger partial charge in [0.1, 0.15) is 5.41 Å². The summed E-state index contributed by atoms with van der Waals surface area (Å²) in [4.78, 5) is 13.4. The fraction of sp³-hybridized carbons (Fsp3) is 0.333. The molecule has 1 rings (SSSR count). The van der Waals surface area contributed by atoms with Crippen LogP contribution < -0.4 is 4.90 Å². The number of nitriles is 1. The van der Waals surface area contributed by atoms with E-state index in [4.69, 9.17) is 5.26 Å². The van der Waals surface area contributed by atoms with Crippen LogP contribution in [-0.2, 0) is 4.79 Å². The van der Waals surface area contributed by atoms with Gasteiger partial charge in [-0.05, 0) is 26.0 Å². The van der Waals surface area contributed by atoms with Crippen LogP contribution >= 0.6 is 0 Å². The van der Waals surface area contributed by atoms with Gasteiger partial charge in [-0.25, -0.2) is 0 Å². The van der Waals surface area contributed by atoms with Crippen molar-refractivity contribution in [2.24, 2.45) is 5.41 Å². The Kier molecular flexibility index (Phi) is 3.11. The molecule has 0 saturated carbocycles. The molecule has 0 heterocycles. The van der Waals surface area contributed by atoms with Gasteiger partial charge in [-0.2, -0.15) is 5.26 Å². The Morgan fingerprint density at radius 1 is 1.33 bits per heavy atom. The summed E-state index contributed by atoms with van der Waals surface area (Å²) in [6.45, 7) is 3.24. The first-order chi connectivity index (χ1) is 6.99. The van der Waals surface area contributed by atoms with Crippen molar-refractivity contribution in [2.45, 2.75) is 13.8 Å². The van der Waals surface area contributed by atoms with Crippen LogP contribution in [0.4, 0.5) is 5.69 Å². The van der Waals surface area contributed by atoms with Crippen LogP contribution in [-0.4, -0.2) is 13.0 Å². The van der Waals surface area contributed by atoms with Gasteiger partial charge in [0.25, 0.3) is 0 Å². The normalized spacial score (nSPS) is 10.5. The largest absolute Gasteiger partial charge is 0.314 e. The van der Waals surface area contributed by atoms with Gasteiger partial charge in [-0.3, -0.25) is 4.79 Å². The number of carbonyl (C=O) groups is 1. The summed E-state index contributed by atoms with van der Waals surface area (Å²) in [7, 11) is 1.68. The summed E-state index contributed by atoms with van der Waals surface area (Å²) >= 11 is 0. The number of carbonyl (C=O) groups excluding carboxylic acids is 1. The van der Waals surface area contributed by atoms with Gasteiger partial charge < -0.3 is 4.90 Å². The van der Waals surface area contributed by atoms with Crippen molar-refractivity contribution in [3.63, 3.8) is 0 Å². The van der Waals surface area contributed by atoms with E-state index < -0.39 is 5.41 Å². The Labute approximate surface area is 89.9 Å². The first-order valence-electron chi connectivity index (χ1n) is 4.73. The molecule has 1 aromatic carbocycles. The van der Waals surface area contributed by atoms with Gasteiger partial charge in [0.15, 0.2) is 0 Å². The van der Waals surface area contributed by atoms with E-state index in [0.29, 0.717) is 0 Å². The molecule has 0 fully saturated rings. The SMILES string of the molecule is CN(C(=O)C(C)(C)C#N)c1ccccc1. The molecule has 78 valence electrons. The molecule has 3 heteroatoms. The standard InChI is InChI=1S/C12H14N2O/c1-12(2,9-13)11(15)14(3)10-7-5-4-6-8-10/h4-8H,1-3H3. The van der Waals surface area contributed by atoms with Gasteiger partial charge in [-0.1, -0.05) is 18.2 Å². The quantitative estimate of drug-likeness (QED) is 0.738. The summed E-state index contributed by atoms with van der Waals surface area (Å²) < 4.78 is 0. The third-order valence-electron chi connectivity index (χ3n) is 2.26. The van der Waals surface area contributed by atoms with Crippen molar-refractivity contribution in [2.75, 3.05) is 11.9 Å². The molecule has 0 spiro atoms. The Morgan fingerprint density at radius 2 is 1.87 bits per heavy atom. The van der Waals surface area contributed by atoms with Crippen molar-refractivity contribution in [3.8, 4) is 6.07 Å². The number of anilines is 1. The Hall–Kier alpha value is -1.82. The predicted octanol–water partition coefficient (Wildman–Crippen LogP) is 2.20. The second kappa shape index (κ2) is 4.14. The molecule has 0 N–H and O–H groups in total. The molecule has 1 aromatic rings. The molecule has 0 atom stereocenters. The van der Waals surface area contributed by atoms with E-state index in [1.54, 1.807) is 20.9 Å². The van der Waals surface area contributed by atoms with E-state index in [9.17, 15) is 4.79 Å². The molecule has 0 aliphatic heterocycles. The van der Waals surface area contributed by atoms with E-state index in [-0.39, 0.29) is 5.91 Å². The summed E-state index contributed by atoms with van der Waals surface area (Å²) in [5.41, 5.74) is -0.184. The molecule has 0 bridgehead atoms. The zero-order chi connectivity index (χ0) is 11.5. The van der Waals surface area contributed by atoms with Crippen LogP contribution in [0.2, 0.25) is 0 Å². The average Bonchev–Trinajstić information content (AvgIpc) is 2.28. The smallest absolute Gasteiger partial charge is 0.246 e. The van der Waals surface area contributed by atoms with Crippen molar-refractivity contribution in [1.29, 1.82) is 5.26 Å². The third-order valence-corrected chi connectivity index (χ3v) is 2.26. The van der Waals surface area contributed by atoms with Crippen molar-refractivity contribution in [3.05, 3.63) is 30.3 Å². The molecule has 15 heavy (non-hydrogen) atoms. The lowest BCUT2D eigenvalue weighted by molar-refractivity contribution is -0.123. The average molecular weight is 202 g/mol. The number of amides is 1. The third kappa shape index (κ3) is 2.35. The molecular formula is C12H14N2O. The van der Waals surface area contributed by atoms with Crippen LogP contribution in [0.5, 0.6) is 0 Å². The minimum atomic E-state index is -0.982. The summed E-state index contributed by atoms with van der Waals surface area (Å²) in [5, 5.41) is 8.86. The first kappa shape index (κ1) is 11.3. The van der Waals surface area contributed by atoms with E-state index >= 15 is 0 Å². The Morgan fingerprint density at radius 3 is 2.33 bits per heavy atom. The highest BCUT2D eigenvalue weighted by atomic mass is 16.2. The maximum Gasteiger partial charge on any atom is 0.246 e. The first-order valence-corrected chi connectivity index (χ1v) is 4.73. The Bertz CT molecular complexity index is 390. The van der Waals surface area contributed by atoms with Crippen molar-refractivity contribution < 1.29 is 4.79 Å². The number of nitrogens with zero attached hydrogens (tertiary/aromatic N) is 2. The highest BCUT2D eigenvalue weighted by molar-refractivity contribution is 5.98. The molecule has 1 amide bonds. The molecule has 0 unspecified atom stereocenters. The minimum absolute atomic E-state index is 0.198. The van der Waals surface area contributed by atoms with Gasteiger partial charge >= 0.3 is 0 Å². The van der Waals surface area contributed by atoms with Gasteiger partial charge in [0.05, 0.1) is 6.07 Å². The van der Waals surface area contributed by atoms with Crippen molar-refractivity contribution in [1.82, 2.24) is 0 Å². The van der Waals surface area contributed by atoms with E-state index in [2.05, 4.69) is 0 Å². The van der Waals surface area contributed by atoms with Crippen LogP contribution in [0, 0.1) is 16.7 Å². The molecule has 0 aliphatic rings. The molecule has 0 saturated heterocycles. The van der Waals surface area contributed by atoms with Gasteiger partial charge in [-0.15, -0.1) is 0 Å². The summed E-state index contributed by atoms with van der Waals surface area (Å²) in [5.74, 6) is -0.198. The minimum Gasteiger partial charge on any atom is -0.314 e. The fourth-order valence-corrected chi connectivity index (χ4v) is 1.24. The van der Waals surface area contributed by atoms with E-state index in [1.807, 2.05) is 36.4 Å². The topological polar surface area (TPSA) is 44.1 Å². The molecular weight excluding hydrogens is 188 g/mol. The van der Waals surface area contributed by atoms with E-state index in [1.165, 1.54) is 4.90 Å². The summed E-state index contributed by atoms with van der Waals surface area (Å²) in [6, 6.07) is 11.3. The monoisotopic (exact) mass is 202 g/mol. The van der Waals surface area contributed by atoms with Gasteiger partial charge in [0.2, 0.25) is 5.91 Å². The second-order valence-electron chi connectivity index (χ2n) is 3.94. The lowest BCUT2D eigenvalue weighted by Crippen LogP contribution is -2.37. The zero-order valence-corrected chi connectivity index (χ0v) is 9.19. The number of hydrogen-bond acceptors (Lipinski definition) is 2. The number of benzene rings is 1. The predicted molar refractivity (Wildman–Crippen MR) is 59.2 cm³/mol. The molecule has 0 aromatic heterocycles. The van der Waals surface area contributed by atoms with Crippen LogP contribution in [0.1, 0.15) is 13.8 Å². The highest BCUT2D eigenvalue weighted by Gasteiger charge is 2.30. The maximum absolute atomic E-state index is 11.9. The lowest BCUT2D eigenvalue weighted by atomic mass is 9.94. The van der Waals surface area contributed by atoms with Crippen molar-refractivity contribution >= 4 is 11.6 Å². The van der Waals surface area contributed by atoms with Crippen LogP contribution in [0.15, 0.2) is 30.3 Å². The number of para-hydroxylation sites is 1.